The molecule has 3 aromatic heterocycles. The zero-order valence-electron chi connectivity index (χ0n) is 16.3. The summed E-state index contributed by atoms with van der Waals surface area (Å²) >= 11 is 0. The molecule has 0 radical (unpaired) electrons. The Morgan fingerprint density at radius 3 is 2.59 bits per heavy atom. The normalized spacial score (nSPS) is 11.4. The number of nitrogens with one attached hydrogen (secondary N) is 1. The number of anilines is 1. The average molecular weight is 388 g/mol. The van der Waals surface area contributed by atoms with Crippen molar-refractivity contribution in [3.63, 3.8) is 0 Å². The van der Waals surface area contributed by atoms with Crippen molar-refractivity contribution in [1.82, 2.24) is 24.9 Å². The number of hydrogen-bond donors (Lipinski definition) is 1. The fourth-order valence-corrected chi connectivity index (χ4v) is 2.70. The Hall–Kier alpha value is -3.81. The molecule has 0 fully saturated rings. The van der Waals surface area contributed by atoms with Crippen LogP contribution in [0.1, 0.15) is 37.0 Å². The number of hydrogen-bond acceptors (Lipinski definition) is 6. The van der Waals surface area contributed by atoms with E-state index in [0.29, 0.717) is 34.3 Å². The highest BCUT2D eigenvalue weighted by Crippen LogP contribution is 2.26. The lowest BCUT2D eigenvalue weighted by Gasteiger charge is -2.11. The van der Waals surface area contributed by atoms with Gasteiger partial charge >= 0.3 is 0 Å². The van der Waals surface area contributed by atoms with E-state index in [2.05, 4.69) is 25.5 Å². The summed E-state index contributed by atoms with van der Waals surface area (Å²) in [5.41, 5.74) is 1.34. The van der Waals surface area contributed by atoms with Crippen molar-refractivity contribution in [3.05, 3.63) is 72.4 Å². The molecular formula is C21H20N6O2. The Morgan fingerprint density at radius 2 is 1.93 bits per heavy atom. The van der Waals surface area contributed by atoms with Crippen LogP contribution in [0.4, 0.5) is 5.69 Å². The fourth-order valence-electron chi connectivity index (χ4n) is 2.70. The topological polar surface area (TPSA) is 98.7 Å². The third-order valence-corrected chi connectivity index (χ3v) is 4.24. The number of nitrogens with zero attached hydrogens (tertiary/aromatic N) is 5. The van der Waals surface area contributed by atoms with Crippen LogP contribution in [-0.4, -0.2) is 30.8 Å². The van der Waals surface area contributed by atoms with Crippen LogP contribution < -0.4 is 5.32 Å². The molecule has 8 nitrogen and oxygen atoms in total. The molecule has 0 aliphatic rings. The Labute approximate surface area is 167 Å². The summed E-state index contributed by atoms with van der Waals surface area (Å²) in [4.78, 5) is 21.7. The van der Waals surface area contributed by atoms with Gasteiger partial charge in [-0.1, -0.05) is 38.1 Å². The van der Waals surface area contributed by atoms with Gasteiger partial charge in [-0.2, -0.15) is 10.1 Å². The number of benzene rings is 1. The average Bonchev–Trinajstić information content (AvgIpc) is 3.40. The molecular weight excluding hydrogens is 368 g/mol. The van der Waals surface area contributed by atoms with Gasteiger partial charge in [0.25, 0.3) is 11.8 Å². The molecule has 0 aliphatic heterocycles. The van der Waals surface area contributed by atoms with Gasteiger partial charge < -0.3 is 9.84 Å². The van der Waals surface area contributed by atoms with Gasteiger partial charge in [-0.3, -0.25) is 4.79 Å². The van der Waals surface area contributed by atoms with Gasteiger partial charge in [0.05, 0.1) is 23.0 Å². The van der Waals surface area contributed by atoms with Crippen LogP contribution >= 0.6 is 0 Å². The molecule has 0 spiro atoms. The van der Waals surface area contributed by atoms with Gasteiger partial charge in [0.2, 0.25) is 0 Å². The summed E-state index contributed by atoms with van der Waals surface area (Å²) in [6.45, 7) is 6.00. The van der Waals surface area contributed by atoms with Crippen molar-refractivity contribution in [1.29, 1.82) is 0 Å². The fraction of sp³-hybridized carbons (Fsp3) is 0.190. The Morgan fingerprint density at radius 1 is 1.10 bits per heavy atom. The number of rotatable bonds is 4. The molecule has 0 unspecified atom stereocenters. The van der Waals surface area contributed by atoms with Crippen molar-refractivity contribution in [2.45, 2.75) is 26.2 Å². The van der Waals surface area contributed by atoms with E-state index < -0.39 is 0 Å². The first-order valence-corrected chi connectivity index (χ1v) is 9.13. The quantitative estimate of drug-likeness (QED) is 0.570. The van der Waals surface area contributed by atoms with E-state index in [4.69, 9.17) is 4.52 Å². The number of aromatic nitrogens is 5. The third-order valence-electron chi connectivity index (χ3n) is 4.24. The van der Waals surface area contributed by atoms with E-state index in [1.54, 1.807) is 53.6 Å². The lowest BCUT2D eigenvalue weighted by atomic mass is 9.96. The number of pyridine rings is 1. The van der Waals surface area contributed by atoms with Gasteiger partial charge in [0.15, 0.2) is 11.6 Å². The second kappa shape index (κ2) is 7.31. The Kier molecular flexibility index (Phi) is 4.67. The van der Waals surface area contributed by atoms with Crippen molar-refractivity contribution >= 4 is 11.6 Å². The highest BCUT2D eigenvalue weighted by atomic mass is 16.5. The predicted molar refractivity (Wildman–Crippen MR) is 108 cm³/mol. The van der Waals surface area contributed by atoms with Gasteiger partial charge in [0.1, 0.15) is 0 Å². The highest BCUT2D eigenvalue weighted by Gasteiger charge is 2.23. The van der Waals surface area contributed by atoms with Crippen LogP contribution in [0.25, 0.3) is 17.3 Å². The molecule has 1 amide bonds. The molecule has 4 rings (SSSR count). The minimum absolute atomic E-state index is 0.249. The number of carbonyl (C=O) groups excluding carboxylic acids is 1. The number of amides is 1. The Balaban J connectivity index is 1.57. The first-order chi connectivity index (χ1) is 13.9. The first-order valence-electron chi connectivity index (χ1n) is 9.13. The standard InChI is InChI=1S/C21H20N6O2/c1-21(2,3)20-25-19(29-26-20)16-8-5-4-7-15(16)18(28)24-14-9-10-17(22-13-14)27-12-6-11-23-27/h4-13H,1-3H3,(H,24,28). The zero-order chi connectivity index (χ0) is 20.4. The van der Waals surface area contributed by atoms with Gasteiger partial charge in [0, 0.05) is 17.8 Å². The first kappa shape index (κ1) is 18.5. The predicted octanol–water partition coefficient (Wildman–Crippen LogP) is 3.87. The molecule has 0 saturated carbocycles. The maximum Gasteiger partial charge on any atom is 0.258 e. The minimum Gasteiger partial charge on any atom is -0.334 e. The summed E-state index contributed by atoms with van der Waals surface area (Å²) in [5, 5.41) is 11.0. The zero-order valence-corrected chi connectivity index (χ0v) is 16.3. The van der Waals surface area contributed by atoms with Crippen LogP contribution in [0, 0.1) is 0 Å². The minimum atomic E-state index is -0.287. The van der Waals surface area contributed by atoms with Crippen molar-refractivity contribution in [3.8, 4) is 17.3 Å². The molecule has 146 valence electrons. The molecule has 3 heterocycles. The van der Waals surface area contributed by atoms with E-state index >= 15 is 0 Å². The molecule has 8 heteroatoms. The van der Waals surface area contributed by atoms with Crippen LogP contribution in [0.15, 0.2) is 65.6 Å². The summed E-state index contributed by atoms with van der Waals surface area (Å²) in [5.74, 6) is 1.27. The van der Waals surface area contributed by atoms with E-state index in [1.165, 1.54) is 0 Å². The molecule has 1 aromatic carbocycles. The third kappa shape index (κ3) is 3.91. The van der Waals surface area contributed by atoms with Gasteiger partial charge in [-0.15, -0.1) is 0 Å². The van der Waals surface area contributed by atoms with Crippen LogP contribution in [0.5, 0.6) is 0 Å². The molecule has 0 saturated heterocycles. The molecule has 0 atom stereocenters. The number of carbonyl (C=O) groups is 1. The van der Waals surface area contributed by atoms with E-state index in [-0.39, 0.29) is 11.3 Å². The molecule has 29 heavy (non-hydrogen) atoms. The molecule has 0 bridgehead atoms. The second-order valence-electron chi connectivity index (χ2n) is 7.53. The van der Waals surface area contributed by atoms with Crippen molar-refractivity contribution in [2.75, 3.05) is 5.32 Å². The summed E-state index contributed by atoms with van der Waals surface area (Å²) in [6.07, 6.45) is 5.06. The summed E-state index contributed by atoms with van der Waals surface area (Å²) < 4.78 is 7.05. The highest BCUT2D eigenvalue weighted by molar-refractivity contribution is 6.08. The van der Waals surface area contributed by atoms with Crippen LogP contribution in [-0.2, 0) is 5.41 Å². The largest absolute Gasteiger partial charge is 0.334 e. The second-order valence-corrected chi connectivity index (χ2v) is 7.53. The van der Waals surface area contributed by atoms with Crippen molar-refractivity contribution < 1.29 is 9.32 Å². The maximum absolute atomic E-state index is 12.9. The Bertz CT molecular complexity index is 1120. The van der Waals surface area contributed by atoms with E-state index in [1.807, 2.05) is 32.9 Å². The summed E-state index contributed by atoms with van der Waals surface area (Å²) in [6, 6.07) is 12.5. The molecule has 0 aliphatic carbocycles. The van der Waals surface area contributed by atoms with Crippen LogP contribution in [0.2, 0.25) is 0 Å². The smallest absolute Gasteiger partial charge is 0.258 e. The van der Waals surface area contributed by atoms with Gasteiger partial charge in [-0.25, -0.2) is 9.67 Å². The lowest BCUT2D eigenvalue weighted by molar-refractivity contribution is 0.102. The van der Waals surface area contributed by atoms with Gasteiger partial charge in [-0.05, 0) is 30.3 Å². The maximum atomic E-state index is 12.9. The van der Waals surface area contributed by atoms with Crippen LogP contribution in [0.3, 0.4) is 0 Å². The SMILES string of the molecule is CC(C)(C)c1noc(-c2ccccc2C(=O)Nc2ccc(-n3cccn3)nc2)n1. The van der Waals surface area contributed by atoms with Crippen molar-refractivity contribution in [2.24, 2.45) is 0 Å². The molecule has 1 N–H and O–H groups in total. The monoisotopic (exact) mass is 388 g/mol. The lowest BCUT2D eigenvalue weighted by Crippen LogP contribution is -2.14. The van der Waals surface area contributed by atoms with E-state index in [0.717, 1.165) is 0 Å². The summed E-state index contributed by atoms with van der Waals surface area (Å²) in [7, 11) is 0. The van der Waals surface area contributed by atoms with E-state index in [9.17, 15) is 4.79 Å². The molecule has 4 aromatic rings.